The van der Waals surface area contributed by atoms with Crippen LogP contribution in [0, 0.1) is 5.41 Å². The first-order valence-corrected chi connectivity index (χ1v) is 18.8. The molecule has 18 heteroatoms. The van der Waals surface area contributed by atoms with Crippen LogP contribution in [-0.2, 0) is 33.9 Å². The number of pyridine rings is 1. The van der Waals surface area contributed by atoms with Gasteiger partial charge >= 0.3 is 12.0 Å². The van der Waals surface area contributed by atoms with Crippen molar-refractivity contribution in [2.45, 2.75) is 79.4 Å². The second-order valence-electron chi connectivity index (χ2n) is 13.7. The highest BCUT2D eigenvalue weighted by molar-refractivity contribution is 14.1. The van der Waals surface area contributed by atoms with Crippen LogP contribution in [0.5, 0.6) is 11.6 Å². The second-order valence-corrected chi connectivity index (χ2v) is 17.2. The molecular weight excluding hydrogens is 787 g/mol. The Kier molecular flexibility index (Phi) is 10.7. The summed E-state index contributed by atoms with van der Waals surface area (Å²) < 4.78 is 43.1. The van der Waals surface area contributed by atoms with E-state index < -0.39 is 84.6 Å². The molecule has 50 heavy (non-hydrogen) atoms. The number of urea groups is 1. The van der Waals surface area contributed by atoms with Gasteiger partial charge in [0.2, 0.25) is 27.7 Å². The van der Waals surface area contributed by atoms with Crippen LogP contribution in [0.15, 0.2) is 30.5 Å². The Morgan fingerprint density at radius 2 is 1.82 bits per heavy atom. The Balaban J connectivity index is 1.41. The third-order valence-electron chi connectivity index (χ3n) is 8.90. The van der Waals surface area contributed by atoms with Crippen molar-refractivity contribution in [3.05, 3.63) is 30.5 Å². The number of alkyl halides is 1. The molecule has 0 radical (unpaired) electrons. The maximum Gasteiger partial charge on any atom is 0.325 e. The lowest BCUT2D eigenvalue weighted by molar-refractivity contribution is -0.142. The van der Waals surface area contributed by atoms with Crippen LogP contribution in [0.2, 0.25) is 0 Å². The fourth-order valence-corrected chi connectivity index (χ4v) is 8.23. The van der Waals surface area contributed by atoms with E-state index in [1.165, 1.54) is 12.0 Å². The van der Waals surface area contributed by atoms with Crippen molar-refractivity contribution in [1.29, 1.82) is 0 Å². The number of sulfonamides is 1. The number of amides is 5. The van der Waals surface area contributed by atoms with Gasteiger partial charge in [0, 0.05) is 21.9 Å². The van der Waals surface area contributed by atoms with Gasteiger partial charge in [-0.2, -0.15) is 0 Å². The number of rotatable bonds is 12. The van der Waals surface area contributed by atoms with Gasteiger partial charge in [-0.1, -0.05) is 43.4 Å². The molecule has 1 saturated heterocycles. The number of likely N-dealkylation sites (tertiary alicyclic amines) is 1. The van der Waals surface area contributed by atoms with Crippen LogP contribution in [0.4, 0.5) is 4.79 Å². The minimum Gasteiger partial charge on any atom is -0.497 e. The van der Waals surface area contributed by atoms with Gasteiger partial charge in [-0.25, -0.2) is 18.2 Å². The standard InChI is InChI=1S/C32H41IN6O10S/c1-31(2,3)25(36-30(44)35-15-24(40)48-5)28(42)39-16-19(49-27-21-9-6-18(47-4)12-17(21)10-11-34-27)13-22(39)26(41)37-32(14-23(32)33)29(43)38-50(45,46)20-7-8-20/h6,9-12,19-20,22-23,25H,7-8,13-16H2,1-5H3,(H,37,41)(H,38,43)(H2,35,36,44)/t19-,22+,23-,25-,32-/m1/s1. The van der Waals surface area contributed by atoms with E-state index in [9.17, 15) is 32.4 Å². The SMILES string of the molecule is COC(=O)CNC(=O)N[C@H](C(=O)N1C[C@H](Oc2nccc3cc(OC)ccc23)C[C@H]1C(=O)N[C@]1(C(=O)NS(=O)(=O)C2CC2)C[C@H]1I)C(C)(C)C. The number of carbonyl (C=O) groups is 5. The zero-order valence-electron chi connectivity index (χ0n) is 28.3. The van der Waals surface area contributed by atoms with E-state index >= 15 is 0 Å². The quantitative estimate of drug-likeness (QED) is 0.136. The molecule has 0 bridgehead atoms. The van der Waals surface area contributed by atoms with Gasteiger partial charge in [-0.05, 0) is 54.3 Å². The number of esters is 1. The predicted molar refractivity (Wildman–Crippen MR) is 188 cm³/mol. The van der Waals surface area contributed by atoms with Crippen LogP contribution >= 0.6 is 22.6 Å². The summed E-state index contributed by atoms with van der Waals surface area (Å²) in [7, 11) is -1.15. The predicted octanol–water partition coefficient (Wildman–Crippen LogP) is 1.15. The van der Waals surface area contributed by atoms with Crippen LogP contribution in [-0.4, -0.2) is 108 Å². The summed E-state index contributed by atoms with van der Waals surface area (Å²) in [6.07, 6.45) is 1.94. The van der Waals surface area contributed by atoms with Crippen molar-refractivity contribution in [2.75, 3.05) is 27.3 Å². The van der Waals surface area contributed by atoms with Gasteiger partial charge in [0.15, 0.2) is 0 Å². The molecule has 3 fully saturated rings. The number of methoxy groups -OCH3 is 2. The molecule has 2 aromatic rings. The van der Waals surface area contributed by atoms with Crippen LogP contribution in [0.3, 0.4) is 0 Å². The Labute approximate surface area is 303 Å². The van der Waals surface area contributed by atoms with Crippen molar-refractivity contribution >= 4 is 73.1 Å². The monoisotopic (exact) mass is 828 g/mol. The number of benzene rings is 1. The lowest BCUT2D eigenvalue weighted by atomic mass is 9.85. The number of carbonyl (C=O) groups excluding carboxylic acids is 5. The lowest BCUT2D eigenvalue weighted by Crippen LogP contribution is -2.61. The van der Waals surface area contributed by atoms with E-state index in [0.29, 0.717) is 24.0 Å². The molecule has 2 aliphatic carbocycles. The molecule has 2 saturated carbocycles. The Bertz CT molecular complexity index is 1800. The topological polar surface area (TPSA) is 211 Å². The molecule has 1 aromatic carbocycles. The summed E-state index contributed by atoms with van der Waals surface area (Å²) in [6.45, 7) is 4.68. The highest BCUT2D eigenvalue weighted by Gasteiger charge is 2.62. The molecule has 5 amide bonds. The fraction of sp³-hybridized carbons (Fsp3) is 0.562. The maximum atomic E-state index is 14.3. The molecular formula is C32H41IN6O10S. The second kappa shape index (κ2) is 14.4. The van der Waals surface area contributed by atoms with E-state index in [2.05, 4.69) is 30.4 Å². The molecule has 5 atom stereocenters. The molecule has 16 nitrogen and oxygen atoms in total. The molecule has 3 aliphatic rings. The average Bonchev–Trinajstić information content (AvgIpc) is 3.98. The number of hydrogen-bond acceptors (Lipinski definition) is 11. The van der Waals surface area contributed by atoms with E-state index in [1.807, 2.05) is 28.7 Å². The molecule has 2 heterocycles. The first-order valence-electron chi connectivity index (χ1n) is 16.0. The molecule has 272 valence electrons. The smallest absolute Gasteiger partial charge is 0.325 e. The Morgan fingerprint density at radius 3 is 2.42 bits per heavy atom. The number of nitrogens with zero attached hydrogens (tertiary/aromatic N) is 2. The zero-order chi connectivity index (χ0) is 36.6. The zero-order valence-corrected chi connectivity index (χ0v) is 31.3. The lowest BCUT2D eigenvalue weighted by Gasteiger charge is -2.35. The molecule has 0 unspecified atom stereocenters. The van der Waals surface area contributed by atoms with Crippen molar-refractivity contribution in [1.82, 2.24) is 30.6 Å². The van der Waals surface area contributed by atoms with Gasteiger partial charge in [-0.15, -0.1) is 0 Å². The van der Waals surface area contributed by atoms with E-state index in [0.717, 1.165) is 5.39 Å². The number of halogens is 1. The van der Waals surface area contributed by atoms with Crippen LogP contribution < -0.4 is 30.1 Å². The summed E-state index contributed by atoms with van der Waals surface area (Å²) >= 11 is 1.99. The Hall–Kier alpha value is -3.94. The Morgan fingerprint density at radius 1 is 1.12 bits per heavy atom. The average molecular weight is 829 g/mol. The van der Waals surface area contributed by atoms with E-state index in [-0.39, 0.29) is 25.3 Å². The number of ether oxygens (including phenoxy) is 3. The fourth-order valence-electron chi connectivity index (χ4n) is 5.73. The van der Waals surface area contributed by atoms with Gasteiger partial charge in [0.1, 0.15) is 36.0 Å². The van der Waals surface area contributed by atoms with Gasteiger partial charge in [0.05, 0.1) is 26.0 Å². The molecule has 0 spiro atoms. The van der Waals surface area contributed by atoms with Crippen LogP contribution in [0.25, 0.3) is 10.8 Å². The molecule has 1 aromatic heterocycles. The van der Waals surface area contributed by atoms with Crippen molar-refractivity contribution in [3.8, 4) is 11.6 Å². The summed E-state index contributed by atoms with van der Waals surface area (Å²) in [5.74, 6) is -1.89. The summed E-state index contributed by atoms with van der Waals surface area (Å²) in [5, 5.41) is 8.57. The summed E-state index contributed by atoms with van der Waals surface area (Å²) in [6, 6.07) is 4.02. The van der Waals surface area contributed by atoms with Crippen LogP contribution in [0.1, 0.15) is 46.5 Å². The largest absolute Gasteiger partial charge is 0.497 e. The van der Waals surface area contributed by atoms with Crippen molar-refractivity contribution < 1.29 is 46.6 Å². The minimum atomic E-state index is -3.88. The number of aromatic nitrogens is 1. The normalized spacial score (nSPS) is 23.7. The van der Waals surface area contributed by atoms with E-state index in [1.54, 1.807) is 52.3 Å². The number of fused-ring (bicyclic) bond motifs is 1. The highest BCUT2D eigenvalue weighted by atomic mass is 127. The number of hydrogen-bond donors (Lipinski definition) is 4. The van der Waals surface area contributed by atoms with Crippen molar-refractivity contribution in [3.63, 3.8) is 0 Å². The molecule has 5 rings (SSSR count). The molecule has 4 N–H and O–H groups in total. The van der Waals surface area contributed by atoms with Gasteiger partial charge in [0.25, 0.3) is 5.91 Å². The minimum absolute atomic E-state index is 0.00117. The van der Waals surface area contributed by atoms with Gasteiger partial charge < -0.3 is 35.1 Å². The first-order chi connectivity index (χ1) is 23.5. The molecule has 1 aliphatic heterocycles. The third-order valence-corrected chi connectivity index (χ3v) is 12.2. The maximum absolute atomic E-state index is 14.3. The first kappa shape index (κ1) is 37.3. The number of nitrogens with one attached hydrogen (secondary N) is 4. The van der Waals surface area contributed by atoms with Gasteiger partial charge in [-0.3, -0.25) is 23.9 Å². The summed E-state index contributed by atoms with van der Waals surface area (Å²) in [4.78, 5) is 71.8. The third kappa shape index (κ3) is 8.16. The highest BCUT2D eigenvalue weighted by Crippen LogP contribution is 2.44. The van der Waals surface area contributed by atoms with E-state index in [4.69, 9.17) is 9.47 Å². The van der Waals surface area contributed by atoms with Crippen molar-refractivity contribution in [2.24, 2.45) is 5.41 Å². The summed E-state index contributed by atoms with van der Waals surface area (Å²) in [5.41, 5.74) is -2.35.